The minimum absolute atomic E-state index is 0.0769. The van der Waals surface area contributed by atoms with Crippen LogP contribution in [0.25, 0.3) is 0 Å². The lowest BCUT2D eigenvalue weighted by Crippen LogP contribution is -2.58. The van der Waals surface area contributed by atoms with E-state index in [0.29, 0.717) is 12.8 Å². The molecule has 0 aromatic carbocycles. The van der Waals surface area contributed by atoms with Crippen LogP contribution in [-0.2, 0) is 28.5 Å². The Morgan fingerprint density at radius 3 is 2.09 bits per heavy atom. The highest BCUT2D eigenvalue weighted by atomic mass is 16.9. The fraction of sp³-hybridized carbons (Fsp3) is 0.857. The van der Waals surface area contributed by atoms with Crippen molar-refractivity contribution in [2.75, 3.05) is 26.4 Å². The Bertz CT molecular complexity index is 354. The third kappa shape index (κ3) is 5.53. The summed E-state index contributed by atoms with van der Waals surface area (Å²) in [6.07, 6.45) is 1.21. The van der Waals surface area contributed by atoms with Gasteiger partial charge in [-0.15, -0.1) is 0 Å². The molecule has 1 aliphatic heterocycles. The molecule has 0 amide bonds. The number of aliphatic hydroxyl groups excluding tert-OH is 1. The molecule has 0 aromatic rings. The zero-order valence-electron chi connectivity index (χ0n) is 13.0. The summed E-state index contributed by atoms with van der Waals surface area (Å²) in [4.78, 5) is 23.6. The molecule has 0 saturated carbocycles. The molecule has 1 heterocycles. The second-order valence-corrected chi connectivity index (χ2v) is 5.45. The van der Waals surface area contributed by atoms with Crippen LogP contribution in [0.4, 0.5) is 0 Å². The fourth-order valence-electron chi connectivity index (χ4n) is 1.85. The SMILES string of the molecule is CC(C)(O)C1(OCCOCCO)OC(=O)CCCCC(=O)O1. The number of carbonyl (C=O) groups is 2. The molecule has 128 valence electrons. The molecule has 1 fully saturated rings. The Labute approximate surface area is 129 Å². The Morgan fingerprint density at radius 2 is 1.64 bits per heavy atom. The predicted molar refractivity (Wildman–Crippen MR) is 73.5 cm³/mol. The Morgan fingerprint density at radius 1 is 1.09 bits per heavy atom. The zero-order chi connectivity index (χ0) is 16.6. The van der Waals surface area contributed by atoms with Crippen LogP contribution < -0.4 is 0 Å². The molecule has 2 N–H and O–H groups in total. The Hall–Kier alpha value is -1.22. The van der Waals surface area contributed by atoms with Gasteiger partial charge in [-0.2, -0.15) is 0 Å². The number of aliphatic hydroxyl groups is 2. The first kappa shape index (κ1) is 18.8. The van der Waals surface area contributed by atoms with Gasteiger partial charge in [0, 0.05) is 12.8 Å². The normalized spacial score (nSPS) is 19.6. The molecule has 1 aliphatic rings. The van der Waals surface area contributed by atoms with Gasteiger partial charge in [-0.25, -0.2) is 0 Å². The first-order valence-electron chi connectivity index (χ1n) is 7.29. The minimum atomic E-state index is -2.21. The van der Waals surface area contributed by atoms with E-state index < -0.39 is 23.5 Å². The van der Waals surface area contributed by atoms with Crippen LogP contribution in [-0.4, -0.2) is 60.2 Å². The summed E-state index contributed by atoms with van der Waals surface area (Å²) in [5.41, 5.74) is -1.76. The van der Waals surface area contributed by atoms with Gasteiger partial charge in [0.2, 0.25) is 0 Å². The van der Waals surface area contributed by atoms with Crippen molar-refractivity contribution in [2.45, 2.75) is 51.1 Å². The number of hydrogen-bond acceptors (Lipinski definition) is 8. The monoisotopic (exact) mass is 320 g/mol. The number of cyclic esters (lactones) is 2. The summed E-state index contributed by atoms with van der Waals surface area (Å²) in [5, 5.41) is 18.9. The molecule has 0 spiro atoms. The van der Waals surface area contributed by atoms with Crippen molar-refractivity contribution >= 4 is 11.9 Å². The third-order valence-electron chi connectivity index (χ3n) is 3.01. The summed E-state index contributed by atoms with van der Waals surface area (Å²) in [5.74, 6) is -3.45. The summed E-state index contributed by atoms with van der Waals surface area (Å²) < 4.78 is 20.7. The number of rotatable bonds is 7. The molecule has 0 bridgehead atoms. The standard InChI is InChI=1S/C14H24O8/c1-13(2,18)14(20-10-9-19-8-7-15)21-11(16)5-3-4-6-12(17)22-14/h15,18H,3-10H2,1-2H3. The lowest BCUT2D eigenvalue weighted by molar-refractivity contribution is -0.403. The van der Waals surface area contributed by atoms with Gasteiger partial charge in [-0.3, -0.25) is 9.59 Å². The highest BCUT2D eigenvalue weighted by molar-refractivity contribution is 5.73. The van der Waals surface area contributed by atoms with Crippen LogP contribution in [0.1, 0.15) is 39.5 Å². The topological polar surface area (TPSA) is 112 Å². The first-order chi connectivity index (χ1) is 10.3. The second kappa shape index (κ2) is 8.42. The highest BCUT2D eigenvalue weighted by Gasteiger charge is 2.54. The Kier molecular flexibility index (Phi) is 7.21. The number of hydrogen-bond donors (Lipinski definition) is 2. The van der Waals surface area contributed by atoms with Gasteiger partial charge >= 0.3 is 17.9 Å². The van der Waals surface area contributed by atoms with E-state index in [1.54, 1.807) is 0 Å². The van der Waals surface area contributed by atoms with Crippen molar-refractivity contribution in [1.29, 1.82) is 0 Å². The van der Waals surface area contributed by atoms with Crippen molar-refractivity contribution < 1.29 is 38.7 Å². The van der Waals surface area contributed by atoms with E-state index in [-0.39, 0.29) is 39.3 Å². The molecule has 22 heavy (non-hydrogen) atoms. The lowest BCUT2D eigenvalue weighted by Gasteiger charge is -2.39. The van der Waals surface area contributed by atoms with Crippen molar-refractivity contribution in [3.05, 3.63) is 0 Å². The van der Waals surface area contributed by atoms with Gasteiger partial charge in [0.05, 0.1) is 26.4 Å². The largest absolute Gasteiger partial charge is 0.406 e. The number of esters is 2. The van der Waals surface area contributed by atoms with Gasteiger partial charge in [0.15, 0.2) is 5.60 Å². The van der Waals surface area contributed by atoms with Crippen LogP contribution >= 0.6 is 0 Å². The van der Waals surface area contributed by atoms with Gasteiger partial charge in [-0.05, 0) is 26.7 Å². The molecule has 0 unspecified atom stereocenters. The molecular weight excluding hydrogens is 296 g/mol. The summed E-state index contributed by atoms with van der Waals surface area (Å²) in [7, 11) is 0. The van der Waals surface area contributed by atoms with E-state index >= 15 is 0 Å². The van der Waals surface area contributed by atoms with Gasteiger partial charge < -0.3 is 29.2 Å². The van der Waals surface area contributed by atoms with Crippen LogP contribution in [0, 0.1) is 0 Å². The van der Waals surface area contributed by atoms with Crippen LogP contribution in [0.15, 0.2) is 0 Å². The lowest BCUT2D eigenvalue weighted by atomic mass is 10.1. The molecule has 0 radical (unpaired) electrons. The number of carbonyl (C=O) groups excluding carboxylic acids is 2. The van der Waals surface area contributed by atoms with E-state index in [4.69, 9.17) is 24.1 Å². The number of ether oxygens (including phenoxy) is 4. The van der Waals surface area contributed by atoms with Crippen molar-refractivity contribution in [1.82, 2.24) is 0 Å². The van der Waals surface area contributed by atoms with E-state index in [1.807, 2.05) is 0 Å². The van der Waals surface area contributed by atoms with Gasteiger partial charge in [-0.1, -0.05) is 0 Å². The molecule has 0 atom stereocenters. The maximum atomic E-state index is 11.8. The van der Waals surface area contributed by atoms with Gasteiger partial charge in [0.1, 0.15) is 0 Å². The fourth-order valence-corrected chi connectivity index (χ4v) is 1.85. The molecule has 1 saturated heterocycles. The molecule has 8 nitrogen and oxygen atoms in total. The molecule has 1 rings (SSSR count). The zero-order valence-corrected chi connectivity index (χ0v) is 13.0. The first-order valence-corrected chi connectivity index (χ1v) is 7.29. The van der Waals surface area contributed by atoms with E-state index in [0.717, 1.165) is 0 Å². The molecule has 0 aliphatic carbocycles. The van der Waals surface area contributed by atoms with Crippen molar-refractivity contribution in [2.24, 2.45) is 0 Å². The van der Waals surface area contributed by atoms with E-state index in [1.165, 1.54) is 13.8 Å². The Balaban J connectivity index is 2.84. The predicted octanol–water partition coefficient (Wildman–Crippen LogP) is 0.0970. The van der Waals surface area contributed by atoms with Crippen LogP contribution in [0.2, 0.25) is 0 Å². The maximum Gasteiger partial charge on any atom is 0.406 e. The third-order valence-corrected chi connectivity index (χ3v) is 3.01. The highest BCUT2D eigenvalue weighted by Crippen LogP contribution is 2.31. The molecular formula is C14H24O8. The smallest absolute Gasteiger partial charge is 0.396 e. The quantitative estimate of drug-likeness (QED) is 0.502. The van der Waals surface area contributed by atoms with Gasteiger partial charge in [0.25, 0.3) is 0 Å². The average Bonchev–Trinajstić information content (AvgIpc) is 2.48. The van der Waals surface area contributed by atoms with E-state index in [9.17, 15) is 14.7 Å². The second-order valence-electron chi connectivity index (χ2n) is 5.45. The molecule has 8 heteroatoms. The van der Waals surface area contributed by atoms with Crippen molar-refractivity contribution in [3.8, 4) is 0 Å². The minimum Gasteiger partial charge on any atom is -0.396 e. The van der Waals surface area contributed by atoms with Crippen LogP contribution in [0.5, 0.6) is 0 Å². The maximum absolute atomic E-state index is 11.8. The van der Waals surface area contributed by atoms with Crippen LogP contribution in [0.3, 0.4) is 0 Å². The average molecular weight is 320 g/mol. The summed E-state index contributed by atoms with van der Waals surface area (Å²) in [6.45, 7) is 2.61. The van der Waals surface area contributed by atoms with E-state index in [2.05, 4.69) is 0 Å². The summed E-state index contributed by atoms with van der Waals surface area (Å²) >= 11 is 0. The molecule has 0 aromatic heterocycles. The van der Waals surface area contributed by atoms with Crippen molar-refractivity contribution in [3.63, 3.8) is 0 Å². The summed E-state index contributed by atoms with van der Waals surface area (Å²) in [6, 6.07) is 0.